The van der Waals surface area contributed by atoms with Gasteiger partial charge >= 0.3 is 5.97 Å². The summed E-state index contributed by atoms with van der Waals surface area (Å²) in [5, 5.41) is 4.00. The second kappa shape index (κ2) is 11.7. The van der Waals surface area contributed by atoms with Gasteiger partial charge in [0.15, 0.2) is 18.1 Å². The highest BCUT2D eigenvalue weighted by Crippen LogP contribution is 2.33. The number of hydrogen-bond acceptors (Lipinski definition) is 7. The standard InChI is InChI=1S/C20H20BrIN2O6/c1-4-29-18(25)11-30-19-15(22)7-12(8-17(19)28-3)10-23-24-20(26)14-9-13(21)5-6-16(14)27-2/h5-10H,4,11H2,1-3H3,(H,24,26)/b23-10-. The first-order valence-electron chi connectivity index (χ1n) is 8.72. The van der Waals surface area contributed by atoms with Gasteiger partial charge in [0.05, 0.1) is 36.2 Å². The molecule has 0 aromatic heterocycles. The van der Waals surface area contributed by atoms with Gasteiger partial charge in [-0.05, 0) is 65.4 Å². The molecule has 0 fully saturated rings. The first kappa shape index (κ1) is 23.9. The number of methoxy groups -OCH3 is 2. The maximum Gasteiger partial charge on any atom is 0.344 e. The Labute approximate surface area is 196 Å². The van der Waals surface area contributed by atoms with Crippen molar-refractivity contribution in [3.8, 4) is 17.2 Å². The van der Waals surface area contributed by atoms with Crippen LogP contribution in [0.4, 0.5) is 0 Å². The summed E-state index contributed by atoms with van der Waals surface area (Å²) in [5.41, 5.74) is 3.48. The van der Waals surface area contributed by atoms with E-state index >= 15 is 0 Å². The lowest BCUT2D eigenvalue weighted by Gasteiger charge is -2.13. The van der Waals surface area contributed by atoms with E-state index in [4.69, 9.17) is 18.9 Å². The van der Waals surface area contributed by atoms with Crippen LogP contribution < -0.4 is 19.6 Å². The van der Waals surface area contributed by atoms with Gasteiger partial charge in [0, 0.05) is 4.47 Å². The van der Waals surface area contributed by atoms with Crippen LogP contribution in [0.3, 0.4) is 0 Å². The Morgan fingerprint density at radius 1 is 1.17 bits per heavy atom. The molecule has 2 aromatic carbocycles. The second-order valence-corrected chi connectivity index (χ2v) is 7.75. The number of nitrogens with one attached hydrogen (secondary N) is 1. The SMILES string of the molecule is CCOC(=O)COc1c(I)cc(/C=N\NC(=O)c2cc(Br)ccc2OC)cc1OC. The summed E-state index contributed by atoms with van der Waals surface area (Å²) in [4.78, 5) is 23.9. The van der Waals surface area contributed by atoms with Crippen molar-refractivity contribution in [1.82, 2.24) is 5.43 Å². The van der Waals surface area contributed by atoms with E-state index < -0.39 is 11.9 Å². The normalized spacial score (nSPS) is 10.6. The zero-order valence-electron chi connectivity index (χ0n) is 16.5. The Bertz CT molecular complexity index is 951. The highest BCUT2D eigenvalue weighted by atomic mass is 127. The number of esters is 1. The number of hydrogen-bond donors (Lipinski definition) is 1. The predicted octanol–water partition coefficient (Wildman–Crippen LogP) is 3.78. The quantitative estimate of drug-likeness (QED) is 0.207. The van der Waals surface area contributed by atoms with E-state index in [0.717, 1.165) is 4.47 Å². The molecule has 0 heterocycles. The molecule has 0 aliphatic heterocycles. The summed E-state index contributed by atoms with van der Waals surface area (Å²) in [7, 11) is 2.98. The predicted molar refractivity (Wildman–Crippen MR) is 124 cm³/mol. The van der Waals surface area contributed by atoms with Gasteiger partial charge in [-0.2, -0.15) is 5.10 Å². The third-order valence-corrected chi connectivity index (χ3v) is 4.97. The highest BCUT2D eigenvalue weighted by Gasteiger charge is 2.14. The molecule has 2 rings (SSSR count). The lowest BCUT2D eigenvalue weighted by atomic mass is 10.2. The van der Waals surface area contributed by atoms with Gasteiger partial charge in [-0.25, -0.2) is 10.2 Å². The van der Waals surface area contributed by atoms with Crippen molar-refractivity contribution in [2.75, 3.05) is 27.4 Å². The van der Waals surface area contributed by atoms with Crippen LogP contribution in [0.1, 0.15) is 22.8 Å². The molecule has 0 aliphatic carbocycles. The molecule has 0 atom stereocenters. The Kier molecular flexibility index (Phi) is 9.37. The van der Waals surface area contributed by atoms with Gasteiger partial charge in [-0.1, -0.05) is 15.9 Å². The number of rotatable bonds is 9. The number of carbonyl (C=O) groups excluding carboxylic acids is 2. The van der Waals surface area contributed by atoms with E-state index in [2.05, 4.69) is 49.0 Å². The minimum absolute atomic E-state index is 0.224. The first-order chi connectivity index (χ1) is 14.4. The third kappa shape index (κ3) is 6.59. The summed E-state index contributed by atoms with van der Waals surface area (Å²) in [6.07, 6.45) is 1.47. The van der Waals surface area contributed by atoms with Crippen molar-refractivity contribution in [1.29, 1.82) is 0 Å². The van der Waals surface area contributed by atoms with E-state index in [1.807, 2.05) is 0 Å². The Balaban J connectivity index is 2.12. The maximum absolute atomic E-state index is 12.4. The van der Waals surface area contributed by atoms with Gasteiger partial charge in [0.25, 0.3) is 5.91 Å². The zero-order chi connectivity index (χ0) is 22.1. The number of halogens is 2. The van der Waals surface area contributed by atoms with Crippen LogP contribution >= 0.6 is 38.5 Å². The van der Waals surface area contributed by atoms with E-state index in [9.17, 15) is 9.59 Å². The van der Waals surface area contributed by atoms with Crippen molar-refractivity contribution in [3.63, 3.8) is 0 Å². The van der Waals surface area contributed by atoms with Crippen molar-refractivity contribution in [2.45, 2.75) is 6.92 Å². The van der Waals surface area contributed by atoms with Crippen LogP contribution in [-0.4, -0.2) is 45.5 Å². The van der Waals surface area contributed by atoms with E-state index in [0.29, 0.717) is 31.9 Å². The molecular formula is C20H20BrIN2O6. The molecule has 0 radical (unpaired) electrons. The van der Waals surface area contributed by atoms with Crippen LogP contribution in [0.15, 0.2) is 39.9 Å². The molecule has 0 unspecified atom stereocenters. The minimum atomic E-state index is -0.466. The second-order valence-electron chi connectivity index (χ2n) is 5.67. The van der Waals surface area contributed by atoms with Crippen LogP contribution in [0.5, 0.6) is 17.2 Å². The summed E-state index contributed by atoms with van der Waals surface area (Å²) in [5.74, 6) is 0.399. The fraction of sp³-hybridized carbons (Fsp3) is 0.250. The van der Waals surface area contributed by atoms with Crippen LogP contribution in [-0.2, 0) is 9.53 Å². The smallest absolute Gasteiger partial charge is 0.344 e. The van der Waals surface area contributed by atoms with Gasteiger partial charge in [0.1, 0.15) is 5.75 Å². The van der Waals surface area contributed by atoms with Crippen LogP contribution in [0.2, 0.25) is 0 Å². The van der Waals surface area contributed by atoms with Crippen molar-refractivity contribution in [3.05, 3.63) is 49.5 Å². The topological polar surface area (TPSA) is 95.5 Å². The van der Waals surface area contributed by atoms with E-state index in [1.165, 1.54) is 20.4 Å². The summed E-state index contributed by atoms with van der Waals surface area (Å²) < 4.78 is 22.4. The fourth-order valence-corrected chi connectivity index (χ4v) is 3.51. The molecule has 1 amide bonds. The fourth-order valence-electron chi connectivity index (χ4n) is 2.37. The molecule has 0 aliphatic rings. The molecular weight excluding hydrogens is 571 g/mol. The summed E-state index contributed by atoms with van der Waals surface area (Å²) in [6.45, 7) is 1.78. The van der Waals surface area contributed by atoms with Crippen molar-refractivity contribution >= 4 is 56.6 Å². The first-order valence-corrected chi connectivity index (χ1v) is 10.6. The summed E-state index contributed by atoms with van der Waals surface area (Å²) in [6, 6.07) is 8.56. The highest BCUT2D eigenvalue weighted by molar-refractivity contribution is 14.1. The zero-order valence-corrected chi connectivity index (χ0v) is 20.3. The molecule has 0 saturated heterocycles. The van der Waals surface area contributed by atoms with Gasteiger partial charge in [-0.3, -0.25) is 4.79 Å². The molecule has 0 saturated carbocycles. The van der Waals surface area contributed by atoms with Crippen LogP contribution in [0, 0.1) is 3.57 Å². The van der Waals surface area contributed by atoms with E-state index in [1.54, 1.807) is 37.3 Å². The molecule has 2 aromatic rings. The maximum atomic E-state index is 12.4. The molecule has 8 nitrogen and oxygen atoms in total. The number of benzene rings is 2. The largest absolute Gasteiger partial charge is 0.496 e. The number of carbonyl (C=O) groups is 2. The average Bonchev–Trinajstić information content (AvgIpc) is 2.72. The molecule has 30 heavy (non-hydrogen) atoms. The molecule has 160 valence electrons. The molecule has 0 bridgehead atoms. The Hall–Kier alpha value is -2.34. The van der Waals surface area contributed by atoms with Crippen molar-refractivity contribution in [2.24, 2.45) is 5.10 Å². The Morgan fingerprint density at radius 3 is 2.57 bits per heavy atom. The molecule has 0 spiro atoms. The lowest BCUT2D eigenvalue weighted by Crippen LogP contribution is -2.18. The van der Waals surface area contributed by atoms with Gasteiger partial charge < -0.3 is 18.9 Å². The van der Waals surface area contributed by atoms with Crippen LogP contribution in [0.25, 0.3) is 0 Å². The average molecular weight is 591 g/mol. The Morgan fingerprint density at radius 2 is 1.90 bits per heavy atom. The van der Waals surface area contributed by atoms with Crippen molar-refractivity contribution < 1.29 is 28.5 Å². The number of ether oxygens (including phenoxy) is 4. The monoisotopic (exact) mass is 590 g/mol. The number of amides is 1. The lowest BCUT2D eigenvalue weighted by molar-refractivity contribution is -0.145. The van der Waals surface area contributed by atoms with E-state index in [-0.39, 0.29) is 13.2 Å². The summed E-state index contributed by atoms with van der Waals surface area (Å²) >= 11 is 5.39. The molecule has 10 heteroatoms. The molecule has 1 N–H and O–H groups in total. The number of hydrazone groups is 1. The van der Waals surface area contributed by atoms with Gasteiger partial charge in [-0.15, -0.1) is 0 Å². The minimum Gasteiger partial charge on any atom is -0.496 e. The number of nitrogens with zero attached hydrogens (tertiary/aromatic N) is 1. The van der Waals surface area contributed by atoms with Gasteiger partial charge in [0.2, 0.25) is 0 Å². The third-order valence-electron chi connectivity index (χ3n) is 3.68.